The van der Waals surface area contributed by atoms with Gasteiger partial charge in [-0.2, -0.15) is 5.26 Å². The lowest BCUT2D eigenvalue weighted by Crippen LogP contribution is -2.41. The van der Waals surface area contributed by atoms with E-state index in [-0.39, 0.29) is 29.9 Å². The van der Waals surface area contributed by atoms with Gasteiger partial charge in [0.15, 0.2) is 17.7 Å². The summed E-state index contributed by atoms with van der Waals surface area (Å²) in [5.41, 5.74) is 15.1. The number of halogens is 1. The van der Waals surface area contributed by atoms with Gasteiger partial charge in [-0.25, -0.2) is 10.9 Å². The van der Waals surface area contributed by atoms with Gasteiger partial charge in [0, 0.05) is 16.9 Å². The molecule has 4 unspecified atom stereocenters. The van der Waals surface area contributed by atoms with Gasteiger partial charge in [0.2, 0.25) is 5.88 Å². The number of ether oxygens (including phenoxy) is 3. The number of benzene rings is 2. The molecule has 33 heavy (non-hydrogen) atoms. The van der Waals surface area contributed by atoms with Crippen LogP contribution in [0.25, 0.3) is 0 Å². The van der Waals surface area contributed by atoms with Gasteiger partial charge in [0.1, 0.15) is 6.07 Å². The summed E-state index contributed by atoms with van der Waals surface area (Å²) in [6, 6.07) is 15.7. The molecule has 5 rings (SSSR count). The maximum absolute atomic E-state index is 10.00. The Kier molecular flexibility index (Phi) is 6.07. The number of hydrogen-bond acceptors (Lipinski definition) is 7. The molecule has 7 nitrogen and oxygen atoms in total. The molecule has 3 aliphatic rings. The number of nitrogens with zero attached hydrogens (tertiary/aromatic N) is 1. The fourth-order valence-electron chi connectivity index (χ4n) is 5.21. The predicted molar refractivity (Wildman–Crippen MR) is 124 cm³/mol. The Morgan fingerprint density at radius 2 is 1.79 bits per heavy atom. The van der Waals surface area contributed by atoms with Gasteiger partial charge in [-0.1, -0.05) is 29.8 Å². The molecule has 1 saturated heterocycles. The van der Waals surface area contributed by atoms with Crippen molar-refractivity contribution in [2.45, 2.75) is 50.0 Å². The second-order valence-electron chi connectivity index (χ2n) is 8.74. The Morgan fingerprint density at radius 3 is 2.48 bits per heavy atom. The van der Waals surface area contributed by atoms with Gasteiger partial charge in [-0.15, -0.1) is 0 Å². The summed E-state index contributed by atoms with van der Waals surface area (Å²) >= 11 is 6.10. The third kappa shape index (κ3) is 4.10. The molecule has 0 aromatic heterocycles. The van der Waals surface area contributed by atoms with E-state index in [2.05, 4.69) is 16.9 Å². The van der Waals surface area contributed by atoms with Gasteiger partial charge in [0.25, 0.3) is 0 Å². The first kappa shape index (κ1) is 21.9. The summed E-state index contributed by atoms with van der Waals surface area (Å²) in [5, 5.41) is 10.7. The Balaban J connectivity index is 1.53. The molecule has 0 spiro atoms. The highest BCUT2D eigenvalue weighted by atomic mass is 35.5. The van der Waals surface area contributed by atoms with Crippen molar-refractivity contribution < 1.29 is 14.2 Å². The van der Waals surface area contributed by atoms with Crippen LogP contribution >= 0.6 is 11.6 Å². The highest BCUT2D eigenvalue weighted by Gasteiger charge is 2.49. The van der Waals surface area contributed by atoms with Crippen LogP contribution in [0.5, 0.6) is 11.5 Å². The lowest BCUT2D eigenvalue weighted by atomic mass is 9.74. The van der Waals surface area contributed by atoms with E-state index in [4.69, 9.17) is 31.5 Å². The maximum atomic E-state index is 10.00. The highest BCUT2D eigenvalue weighted by molar-refractivity contribution is 6.30. The number of nitrogens with one attached hydrogen (secondary N) is 2. The molecule has 2 aromatic carbocycles. The maximum Gasteiger partial charge on any atom is 0.200 e. The van der Waals surface area contributed by atoms with Gasteiger partial charge >= 0.3 is 0 Å². The van der Waals surface area contributed by atoms with E-state index in [0.717, 1.165) is 29.7 Å². The number of fused-ring (bicyclic) bond motifs is 1. The molecule has 1 aliphatic carbocycles. The summed E-state index contributed by atoms with van der Waals surface area (Å²) in [4.78, 5) is 0. The van der Waals surface area contributed by atoms with E-state index in [1.165, 1.54) is 12.8 Å². The zero-order chi connectivity index (χ0) is 22.9. The Bertz CT molecular complexity index is 1090. The van der Waals surface area contributed by atoms with E-state index in [1.807, 2.05) is 42.5 Å². The van der Waals surface area contributed by atoms with Crippen molar-refractivity contribution >= 4 is 11.6 Å². The largest absolute Gasteiger partial charge is 0.493 e. The Morgan fingerprint density at radius 1 is 1.06 bits per heavy atom. The van der Waals surface area contributed by atoms with Crippen LogP contribution in [-0.2, 0) is 4.74 Å². The number of rotatable bonds is 5. The van der Waals surface area contributed by atoms with Crippen molar-refractivity contribution in [1.29, 1.82) is 5.26 Å². The molecule has 0 bridgehead atoms. The molecule has 2 aliphatic heterocycles. The number of allylic oxidation sites excluding steroid dienone is 1. The van der Waals surface area contributed by atoms with Crippen LogP contribution in [0.3, 0.4) is 0 Å². The fraction of sp³-hybridized carbons (Fsp3) is 0.400. The third-order valence-corrected chi connectivity index (χ3v) is 7.08. The van der Waals surface area contributed by atoms with E-state index in [0.29, 0.717) is 16.3 Å². The first-order valence-electron chi connectivity index (χ1n) is 11.3. The number of hydrogen-bond donors (Lipinski definition) is 3. The van der Waals surface area contributed by atoms with Crippen molar-refractivity contribution in [3.63, 3.8) is 0 Å². The van der Waals surface area contributed by atoms with Crippen molar-refractivity contribution in [3.8, 4) is 17.6 Å². The Labute approximate surface area is 198 Å². The SMILES string of the molecule is COc1cc(C2C(C#N)=C(N)OC3NNC(c4ccc(Cl)cc4)C32)ccc1OC1CCCC1. The molecular weight excluding hydrogens is 440 g/mol. The average molecular weight is 467 g/mol. The molecule has 0 radical (unpaired) electrons. The molecular formula is C25H27ClN4O3. The molecule has 2 fully saturated rings. The summed E-state index contributed by atoms with van der Waals surface area (Å²) in [6.07, 6.45) is 4.34. The van der Waals surface area contributed by atoms with Crippen molar-refractivity contribution in [2.75, 3.05) is 7.11 Å². The van der Waals surface area contributed by atoms with Crippen LogP contribution in [0.4, 0.5) is 0 Å². The third-order valence-electron chi connectivity index (χ3n) is 6.82. The summed E-state index contributed by atoms with van der Waals surface area (Å²) in [6.45, 7) is 0. The summed E-state index contributed by atoms with van der Waals surface area (Å²) < 4.78 is 17.8. The topological polar surface area (TPSA) is 102 Å². The number of methoxy groups -OCH3 is 1. The first-order valence-corrected chi connectivity index (χ1v) is 11.6. The lowest BCUT2D eigenvalue weighted by molar-refractivity contribution is 0.0340. The van der Waals surface area contributed by atoms with Crippen LogP contribution < -0.4 is 26.1 Å². The molecule has 4 atom stereocenters. The average Bonchev–Trinajstić information content (AvgIpc) is 3.49. The van der Waals surface area contributed by atoms with Gasteiger partial charge in [-0.3, -0.25) is 0 Å². The highest BCUT2D eigenvalue weighted by Crippen LogP contribution is 2.48. The second kappa shape index (κ2) is 9.14. The van der Waals surface area contributed by atoms with E-state index >= 15 is 0 Å². The Hall–Kier alpha value is -2.92. The summed E-state index contributed by atoms with van der Waals surface area (Å²) in [5.74, 6) is 1.09. The normalized spacial score (nSPS) is 27.1. The lowest BCUT2D eigenvalue weighted by Gasteiger charge is -2.36. The summed E-state index contributed by atoms with van der Waals surface area (Å²) in [7, 11) is 1.64. The molecule has 4 N–H and O–H groups in total. The van der Waals surface area contributed by atoms with Crippen LogP contribution in [0.15, 0.2) is 53.9 Å². The van der Waals surface area contributed by atoms with E-state index < -0.39 is 6.23 Å². The monoisotopic (exact) mass is 466 g/mol. The van der Waals surface area contributed by atoms with Crippen LogP contribution in [0.1, 0.15) is 48.8 Å². The van der Waals surface area contributed by atoms with Gasteiger partial charge in [0.05, 0.1) is 24.8 Å². The van der Waals surface area contributed by atoms with Crippen LogP contribution in [0, 0.1) is 17.2 Å². The zero-order valence-corrected chi connectivity index (χ0v) is 19.1. The van der Waals surface area contributed by atoms with Gasteiger partial charge < -0.3 is 19.9 Å². The van der Waals surface area contributed by atoms with Crippen LogP contribution in [0.2, 0.25) is 5.02 Å². The quantitative estimate of drug-likeness (QED) is 0.604. The molecule has 2 heterocycles. The zero-order valence-electron chi connectivity index (χ0n) is 18.4. The van der Waals surface area contributed by atoms with E-state index in [1.54, 1.807) is 7.11 Å². The molecule has 8 heteroatoms. The molecule has 2 aromatic rings. The van der Waals surface area contributed by atoms with E-state index in [9.17, 15) is 5.26 Å². The van der Waals surface area contributed by atoms with Crippen LogP contribution in [-0.4, -0.2) is 19.4 Å². The molecule has 172 valence electrons. The predicted octanol–water partition coefficient (Wildman–Crippen LogP) is 4.27. The minimum atomic E-state index is -0.395. The standard InChI is InChI=1S/C25H27ClN4O3/c1-31-20-12-15(8-11-19(20)32-17-4-2-3-5-17)21-18(13-27)24(28)33-25-22(21)23(29-30-25)14-6-9-16(26)10-7-14/h6-12,17,21-23,25,29-30H,2-5,28H2,1H3. The molecule has 1 saturated carbocycles. The molecule has 0 amide bonds. The minimum absolute atomic E-state index is 0.117. The second-order valence-corrected chi connectivity index (χ2v) is 9.17. The number of hydrazine groups is 1. The van der Waals surface area contributed by atoms with Crippen molar-refractivity contribution in [2.24, 2.45) is 11.7 Å². The minimum Gasteiger partial charge on any atom is -0.493 e. The number of nitriles is 1. The first-order chi connectivity index (χ1) is 16.1. The van der Waals surface area contributed by atoms with Crippen molar-refractivity contribution in [3.05, 3.63) is 70.1 Å². The smallest absolute Gasteiger partial charge is 0.200 e. The van der Waals surface area contributed by atoms with Crippen molar-refractivity contribution in [1.82, 2.24) is 10.9 Å². The fourth-order valence-corrected chi connectivity index (χ4v) is 5.34. The number of nitrogens with two attached hydrogens (primary N) is 1. The van der Waals surface area contributed by atoms with Gasteiger partial charge in [-0.05, 0) is 61.1 Å².